The number of halogens is 4. The van der Waals surface area contributed by atoms with Crippen molar-refractivity contribution >= 4 is 39.5 Å². The summed E-state index contributed by atoms with van der Waals surface area (Å²) in [5.41, 5.74) is -0.620. The van der Waals surface area contributed by atoms with E-state index >= 15 is 0 Å². The second-order valence-electron chi connectivity index (χ2n) is 4.30. The molecule has 0 fully saturated rings. The Morgan fingerprint density at radius 1 is 0.952 bits per heavy atom. The van der Waals surface area contributed by atoms with Gasteiger partial charge in [0.05, 0.1) is 17.1 Å². The molecule has 21 heavy (non-hydrogen) atoms. The fourth-order valence-electron chi connectivity index (χ4n) is 1.92. The summed E-state index contributed by atoms with van der Waals surface area (Å²) in [7, 11) is 1.58. The van der Waals surface area contributed by atoms with Gasteiger partial charge in [-0.1, -0.05) is 23.5 Å². The summed E-state index contributed by atoms with van der Waals surface area (Å²) in [6.07, 6.45) is -4.32. The first-order valence-corrected chi connectivity index (χ1v) is 8.25. The van der Waals surface area contributed by atoms with Crippen LogP contribution >= 0.6 is 39.5 Å². The van der Waals surface area contributed by atoms with E-state index in [4.69, 9.17) is 4.74 Å². The zero-order chi connectivity index (χ0) is 15.2. The van der Waals surface area contributed by atoms with Crippen LogP contribution in [0.2, 0.25) is 0 Å². The van der Waals surface area contributed by atoms with Crippen LogP contribution in [-0.4, -0.2) is 7.11 Å². The van der Waals surface area contributed by atoms with E-state index in [2.05, 4.69) is 15.9 Å². The van der Waals surface area contributed by atoms with E-state index in [1.807, 2.05) is 12.1 Å². The number of fused-ring (bicyclic) bond motifs is 2. The van der Waals surface area contributed by atoms with Crippen molar-refractivity contribution in [1.82, 2.24) is 0 Å². The molecule has 0 saturated carbocycles. The molecule has 2 aromatic rings. The van der Waals surface area contributed by atoms with E-state index in [1.54, 1.807) is 7.11 Å². The van der Waals surface area contributed by atoms with Gasteiger partial charge in [0, 0.05) is 19.6 Å². The van der Waals surface area contributed by atoms with Crippen molar-refractivity contribution in [3.63, 3.8) is 0 Å². The second-order valence-corrected chi connectivity index (χ2v) is 7.32. The molecule has 0 radical (unpaired) electrons. The van der Waals surface area contributed by atoms with Gasteiger partial charge in [-0.15, -0.1) is 0 Å². The van der Waals surface area contributed by atoms with Crippen LogP contribution in [0.1, 0.15) is 5.56 Å². The van der Waals surface area contributed by atoms with E-state index in [1.165, 1.54) is 35.7 Å². The fourth-order valence-corrected chi connectivity index (χ4v) is 4.86. The van der Waals surface area contributed by atoms with E-state index in [0.717, 1.165) is 25.2 Å². The summed E-state index contributed by atoms with van der Waals surface area (Å²) in [6, 6.07) is 7.60. The van der Waals surface area contributed by atoms with Crippen LogP contribution in [-0.2, 0) is 6.18 Å². The lowest BCUT2D eigenvalue weighted by Gasteiger charge is -2.20. The highest BCUT2D eigenvalue weighted by atomic mass is 79.9. The van der Waals surface area contributed by atoms with Crippen LogP contribution in [0.5, 0.6) is 5.75 Å². The zero-order valence-corrected chi connectivity index (χ0v) is 13.8. The van der Waals surface area contributed by atoms with E-state index < -0.39 is 11.7 Å². The fraction of sp³-hybridized carbons (Fsp3) is 0.143. The molecule has 1 aliphatic rings. The van der Waals surface area contributed by atoms with Crippen molar-refractivity contribution in [2.24, 2.45) is 0 Å². The molecule has 7 heteroatoms. The molecule has 0 saturated heterocycles. The highest BCUT2D eigenvalue weighted by molar-refractivity contribution is 9.10. The molecule has 3 rings (SSSR count). The molecule has 0 aliphatic carbocycles. The maximum absolute atomic E-state index is 12.8. The molecule has 0 spiro atoms. The summed E-state index contributed by atoms with van der Waals surface area (Å²) >= 11 is 6.18. The molecular formula is C14H8BrF3OS2. The van der Waals surface area contributed by atoms with E-state index in [9.17, 15) is 13.2 Å². The van der Waals surface area contributed by atoms with Crippen molar-refractivity contribution in [2.75, 3.05) is 7.11 Å². The quantitative estimate of drug-likeness (QED) is 0.495. The third-order valence-corrected chi connectivity index (χ3v) is 6.06. The Kier molecular flexibility index (Phi) is 3.92. The molecule has 110 valence electrons. The summed E-state index contributed by atoms with van der Waals surface area (Å²) in [5.74, 6) is 0.706. The first kappa shape index (κ1) is 15.1. The first-order chi connectivity index (χ1) is 9.88. The van der Waals surface area contributed by atoms with Gasteiger partial charge in [0.25, 0.3) is 0 Å². The number of methoxy groups -OCH3 is 1. The molecule has 1 nitrogen and oxygen atoms in total. The smallest absolute Gasteiger partial charge is 0.416 e. The lowest BCUT2D eigenvalue weighted by Crippen LogP contribution is -2.05. The molecule has 2 aromatic carbocycles. The minimum Gasteiger partial charge on any atom is -0.496 e. The highest BCUT2D eigenvalue weighted by Gasteiger charge is 2.32. The van der Waals surface area contributed by atoms with Gasteiger partial charge in [-0.2, -0.15) is 13.2 Å². The van der Waals surface area contributed by atoms with Gasteiger partial charge in [0.1, 0.15) is 5.75 Å². The minimum absolute atomic E-state index is 0.620. The third kappa shape index (κ3) is 2.91. The van der Waals surface area contributed by atoms with Crippen molar-refractivity contribution in [3.05, 3.63) is 40.4 Å². The predicted octanol–water partition coefficient (Wildman–Crippen LogP) is 6.09. The van der Waals surface area contributed by atoms with Gasteiger partial charge >= 0.3 is 6.18 Å². The van der Waals surface area contributed by atoms with Crippen LogP contribution in [0.3, 0.4) is 0 Å². The highest BCUT2D eigenvalue weighted by Crippen LogP contribution is 2.51. The number of alkyl halides is 3. The van der Waals surface area contributed by atoms with Crippen LogP contribution in [0.25, 0.3) is 0 Å². The van der Waals surface area contributed by atoms with Crippen molar-refractivity contribution in [1.29, 1.82) is 0 Å². The van der Waals surface area contributed by atoms with Gasteiger partial charge < -0.3 is 4.74 Å². The largest absolute Gasteiger partial charge is 0.496 e. The molecule has 0 N–H and O–H groups in total. The normalized spacial score (nSPS) is 13.6. The van der Waals surface area contributed by atoms with Crippen LogP contribution in [0.15, 0.2) is 54.4 Å². The Bertz CT molecular complexity index is 716. The number of hydrogen-bond acceptors (Lipinski definition) is 3. The number of hydrogen-bond donors (Lipinski definition) is 0. The molecule has 1 aliphatic heterocycles. The van der Waals surface area contributed by atoms with Gasteiger partial charge in [-0.3, -0.25) is 0 Å². The monoisotopic (exact) mass is 392 g/mol. The molecule has 0 bridgehead atoms. The Labute approximate surface area is 136 Å². The van der Waals surface area contributed by atoms with Crippen LogP contribution < -0.4 is 4.74 Å². The molecule has 1 heterocycles. The zero-order valence-electron chi connectivity index (χ0n) is 10.6. The molecular weight excluding hydrogens is 385 g/mol. The van der Waals surface area contributed by atoms with Gasteiger partial charge in [-0.05, 0) is 46.3 Å². The third-order valence-electron chi connectivity index (χ3n) is 2.93. The lowest BCUT2D eigenvalue weighted by molar-refractivity contribution is -0.137. The first-order valence-electron chi connectivity index (χ1n) is 5.83. The average Bonchev–Trinajstić information content (AvgIpc) is 2.43. The maximum atomic E-state index is 12.8. The van der Waals surface area contributed by atoms with Crippen LogP contribution in [0.4, 0.5) is 13.2 Å². The molecule has 0 unspecified atom stereocenters. The summed E-state index contributed by atoms with van der Waals surface area (Å²) in [6.45, 7) is 0. The van der Waals surface area contributed by atoms with Crippen molar-refractivity contribution < 1.29 is 17.9 Å². The summed E-state index contributed by atoms with van der Waals surface area (Å²) in [5, 5.41) is 0. The molecule has 0 aromatic heterocycles. The van der Waals surface area contributed by atoms with Crippen LogP contribution in [0, 0.1) is 0 Å². The van der Waals surface area contributed by atoms with E-state index in [0.29, 0.717) is 10.6 Å². The average molecular weight is 393 g/mol. The Hall–Kier alpha value is -0.790. The predicted molar refractivity (Wildman–Crippen MR) is 80.4 cm³/mol. The van der Waals surface area contributed by atoms with Gasteiger partial charge in [0.2, 0.25) is 0 Å². The lowest BCUT2D eigenvalue weighted by atomic mass is 10.2. The number of benzene rings is 2. The number of ether oxygens (including phenoxy) is 1. The molecule has 0 amide bonds. The Balaban J connectivity index is 2.02. The summed E-state index contributed by atoms with van der Waals surface area (Å²) < 4.78 is 44.4. The van der Waals surface area contributed by atoms with Crippen molar-refractivity contribution in [2.45, 2.75) is 25.8 Å². The van der Waals surface area contributed by atoms with Gasteiger partial charge in [0.15, 0.2) is 0 Å². The Morgan fingerprint density at radius 2 is 1.57 bits per heavy atom. The summed E-state index contributed by atoms with van der Waals surface area (Å²) in [4.78, 5) is 3.34. The number of rotatable bonds is 1. The van der Waals surface area contributed by atoms with Crippen molar-refractivity contribution in [3.8, 4) is 5.75 Å². The van der Waals surface area contributed by atoms with Gasteiger partial charge in [-0.25, -0.2) is 0 Å². The Morgan fingerprint density at radius 3 is 2.24 bits per heavy atom. The van der Waals surface area contributed by atoms with E-state index in [-0.39, 0.29) is 0 Å². The second kappa shape index (κ2) is 5.44. The standard InChI is InChI=1S/C14H8BrF3OS2/c1-19-9-6-13-12(5-8(9)15)21-11-4-7(14(16,17)18)2-3-10(11)20-13/h2-6H,1H3. The topological polar surface area (TPSA) is 9.23 Å². The SMILES string of the molecule is COc1cc2c(cc1Br)Sc1cc(C(F)(F)F)ccc1S2. The maximum Gasteiger partial charge on any atom is 0.416 e. The molecule has 0 atom stereocenters. The minimum atomic E-state index is -4.32.